The van der Waals surface area contributed by atoms with Crippen molar-refractivity contribution in [2.75, 3.05) is 17.8 Å². The van der Waals surface area contributed by atoms with Gasteiger partial charge in [0, 0.05) is 9.90 Å². The summed E-state index contributed by atoms with van der Waals surface area (Å²) in [5.74, 6) is 0. The number of rotatable bonds is 7. The molecule has 0 aliphatic carbocycles. The lowest BCUT2D eigenvalue weighted by molar-refractivity contribution is 0.603. The lowest BCUT2D eigenvalue weighted by atomic mass is 10.3. The summed E-state index contributed by atoms with van der Waals surface area (Å²) in [4.78, 5) is 1.04. The zero-order valence-corrected chi connectivity index (χ0v) is 14.0. The lowest BCUT2D eigenvalue weighted by Crippen LogP contribution is -2.15. The Kier molecular flexibility index (Phi) is 5.64. The third-order valence-corrected chi connectivity index (χ3v) is 6.03. The maximum absolute atomic E-state index is 12.3. The van der Waals surface area contributed by atoms with Crippen molar-refractivity contribution >= 4 is 38.6 Å². The highest BCUT2D eigenvalue weighted by molar-refractivity contribution is 7.94. The number of nitrogens with one attached hydrogen (secondary N) is 2. The number of anilines is 1. The first-order valence-electron chi connectivity index (χ1n) is 6.59. The number of halogens is 1. The number of likely N-dealkylation sites (N-methyl/N-ethyl adjacent to an activating group) is 1. The van der Waals surface area contributed by atoms with Crippen molar-refractivity contribution in [1.29, 1.82) is 0 Å². The van der Waals surface area contributed by atoms with Crippen LogP contribution in [0.1, 0.15) is 11.8 Å². The molecular formula is C14H17ClN2O2S2. The fourth-order valence-electron chi connectivity index (χ4n) is 1.78. The van der Waals surface area contributed by atoms with Crippen LogP contribution in [0.5, 0.6) is 0 Å². The molecule has 0 saturated heterocycles. The van der Waals surface area contributed by atoms with Crippen LogP contribution >= 0.6 is 22.9 Å². The molecule has 0 amide bonds. The largest absolute Gasteiger partial charge is 0.317 e. The van der Waals surface area contributed by atoms with Crippen molar-refractivity contribution in [3.63, 3.8) is 0 Å². The zero-order valence-electron chi connectivity index (χ0n) is 11.6. The van der Waals surface area contributed by atoms with Crippen molar-refractivity contribution in [1.82, 2.24) is 5.32 Å². The molecular weight excluding hydrogens is 328 g/mol. The minimum Gasteiger partial charge on any atom is -0.317 e. The smallest absolute Gasteiger partial charge is 0.271 e. The molecule has 21 heavy (non-hydrogen) atoms. The summed E-state index contributed by atoms with van der Waals surface area (Å²) in [6, 6.07) is 10.1. The Labute approximate surface area is 134 Å². The van der Waals surface area contributed by atoms with E-state index in [0.717, 1.165) is 24.4 Å². The van der Waals surface area contributed by atoms with Gasteiger partial charge in [-0.25, -0.2) is 8.42 Å². The van der Waals surface area contributed by atoms with Crippen LogP contribution in [0.4, 0.5) is 5.69 Å². The second-order valence-corrected chi connectivity index (χ2v) is 7.95. The quantitative estimate of drug-likeness (QED) is 0.757. The molecule has 0 spiro atoms. The molecule has 0 unspecified atom stereocenters. The van der Waals surface area contributed by atoms with Crippen molar-refractivity contribution in [3.8, 4) is 0 Å². The van der Waals surface area contributed by atoms with Gasteiger partial charge in [-0.1, -0.05) is 24.6 Å². The van der Waals surface area contributed by atoms with Gasteiger partial charge in [-0.05, 0) is 49.8 Å². The summed E-state index contributed by atoms with van der Waals surface area (Å²) in [6.07, 6.45) is 0.825. The van der Waals surface area contributed by atoms with Crippen LogP contribution in [0.3, 0.4) is 0 Å². The summed E-state index contributed by atoms with van der Waals surface area (Å²) in [6.45, 7) is 3.80. The third-order valence-electron chi connectivity index (χ3n) is 2.78. The van der Waals surface area contributed by atoms with E-state index in [-0.39, 0.29) is 0 Å². The van der Waals surface area contributed by atoms with E-state index in [1.165, 1.54) is 11.3 Å². The van der Waals surface area contributed by atoms with Gasteiger partial charge in [0.15, 0.2) is 0 Å². The number of hydrogen-bond acceptors (Lipinski definition) is 4. The van der Waals surface area contributed by atoms with Crippen LogP contribution in [0.15, 0.2) is 40.6 Å². The summed E-state index contributed by atoms with van der Waals surface area (Å²) < 4.78 is 27.4. The molecule has 2 rings (SSSR count). The first kappa shape index (κ1) is 16.3. The number of hydrogen-bond donors (Lipinski definition) is 2. The Morgan fingerprint density at radius 2 is 2.05 bits per heavy atom. The van der Waals surface area contributed by atoms with Gasteiger partial charge in [0.1, 0.15) is 4.21 Å². The van der Waals surface area contributed by atoms with Crippen LogP contribution in [0.25, 0.3) is 0 Å². The monoisotopic (exact) mass is 344 g/mol. The van der Waals surface area contributed by atoms with Gasteiger partial charge in [0.2, 0.25) is 0 Å². The van der Waals surface area contributed by atoms with Crippen LogP contribution in [-0.4, -0.2) is 21.5 Å². The highest BCUT2D eigenvalue weighted by atomic mass is 35.5. The van der Waals surface area contributed by atoms with E-state index >= 15 is 0 Å². The molecule has 1 heterocycles. The first-order valence-corrected chi connectivity index (χ1v) is 9.27. The van der Waals surface area contributed by atoms with Crippen molar-refractivity contribution in [2.45, 2.75) is 17.6 Å². The third kappa shape index (κ3) is 4.71. The molecule has 2 aromatic rings. The normalized spacial score (nSPS) is 11.5. The molecule has 1 aromatic heterocycles. The second-order valence-electron chi connectivity index (χ2n) is 4.44. The van der Waals surface area contributed by atoms with Crippen LogP contribution < -0.4 is 10.0 Å². The number of sulfonamides is 1. The van der Waals surface area contributed by atoms with E-state index in [1.807, 2.05) is 13.0 Å². The molecule has 4 nitrogen and oxygen atoms in total. The molecule has 2 N–H and O–H groups in total. The lowest BCUT2D eigenvalue weighted by Gasteiger charge is -2.06. The SMILES string of the molecule is CCNCCc1ccc(S(=O)(=O)Nc2cccc(Cl)c2)s1. The number of thiophene rings is 1. The van der Waals surface area contributed by atoms with Crippen LogP contribution in [-0.2, 0) is 16.4 Å². The first-order chi connectivity index (χ1) is 10.0. The second kappa shape index (κ2) is 7.26. The van der Waals surface area contributed by atoms with Gasteiger partial charge in [0.05, 0.1) is 5.69 Å². The van der Waals surface area contributed by atoms with Crippen molar-refractivity contribution < 1.29 is 8.42 Å². The summed E-state index contributed by atoms with van der Waals surface area (Å²) in [7, 11) is -3.55. The molecule has 0 radical (unpaired) electrons. The molecule has 7 heteroatoms. The van der Waals surface area contributed by atoms with E-state index in [0.29, 0.717) is 14.9 Å². The zero-order chi connectivity index (χ0) is 15.3. The maximum atomic E-state index is 12.3. The average Bonchev–Trinajstić information content (AvgIpc) is 2.88. The Hall–Kier alpha value is -1.08. The van der Waals surface area contributed by atoms with Crippen molar-refractivity contribution in [2.24, 2.45) is 0 Å². The Bertz CT molecular complexity index is 699. The number of benzene rings is 1. The highest BCUT2D eigenvalue weighted by Gasteiger charge is 2.17. The Morgan fingerprint density at radius 1 is 1.24 bits per heavy atom. The fourth-order valence-corrected chi connectivity index (χ4v) is 4.38. The minimum atomic E-state index is -3.55. The maximum Gasteiger partial charge on any atom is 0.271 e. The molecule has 114 valence electrons. The van der Waals surface area contributed by atoms with Gasteiger partial charge in [-0.15, -0.1) is 11.3 Å². The standard InChI is InChI=1S/C14H17ClN2O2S2/c1-2-16-9-8-13-6-7-14(20-13)21(18,19)17-12-5-3-4-11(15)10-12/h3-7,10,16-17H,2,8-9H2,1H3. The highest BCUT2D eigenvalue weighted by Crippen LogP contribution is 2.25. The van der Waals surface area contributed by atoms with Crippen molar-refractivity contribution in [3.05, 3.63) is 46.3 Å². The van der Waals surface area contributed by atoms with E-state index in [4.69, 9.17) is 11.6 Å². The summed E-state index contributed by atoms with van der Waals surface area (Å²) in [5.41, 5.74) is 0.463. The van der Waals surface area contributed by atoms with E-state index < -0.39 is 10.0 Å². The minimum absolute atomic E-state index is 0.314. The summed E-state index contributed by atoms with van der Waals surface area (Å²) in [5, 5.41) is 3.71. The van der Waals surface area contributed by atoms with Gasteiger partial charge < -0.3 is 5.32 Å². The molecule has 0 aliphatic heterocycles. The molecule has 0 aliphatic rings. The molecule has 1 aromatic carbocycles. The van der Waals surface area contributed by atoms with E-state index in [1.54, 1.807) is 30.3 Å². The van der Waals surface area contributed by atoms with Gasteiger partial charge in [-0.2, -0.15) is 0 Å². The molecule has 0 fully saturated rings. The Balaban J connectivity index is 2.09. The molecule has 0 bridgehead atoms. The molecule has 0 saturated carbocycles. The van der Waals surface area contributed by atoms with E-state index in [9.17, 15) is 8.42 Å². The van der Waals surface area contributed by atoms with Crippen LogP contribution in [0, 0.1) is 0 Å². The summed E-state index contributed by atoms with van der Waals surface area (Å²) >= 11 is 7.15. The average molecular weight is 345 g/mol. The van der Waals surface area contributed by atoms with Gasteiger partial charge in [-0.3, -0.25) is 4.72 Å². The molecule has 0 atom stereocenters. The predicted octanol–water partition coefficient (Wildman–Crippen LogP) is 3.35. The van der Waals surface area contributed by atoms with Crippen LogP contribution in [0.2, 0.25) is 5.02 Å². The van der Waals surface area contributed by atoms with E-state index in [2.05, 4.69) is 10.0 Å². The topological polar surface area (TPSA) is 58.2 Å². The Morgan fingerprint density at radius 3 is 2.76 bits per heavy atom. The predicted molar refractivity (Wildman–Crippen MR) is 88.8 cm³/mol. The van der Waals surface area contributed by atoms with Gasteiger partial charge >= 0.3 is 0 Å². The van der Waals surface area contributed by atoms with Gasteiger partial charge in [0.25, 0.3) is 10.0 Å². The fraction of sp³-hybridized carbons (Fsp3) is 0.286.